The van der Waals surface area contributed by atoms with Gasteiger partial charge in [-0.1, -0.05) is 69.9 Å². The van der Waals surface area contributed by atoms with E-state index in [0.29, 0.717) is 38.2 Å². The maximum atomic E-state index is 13.5. The van der Waals surface area contributed by atoms with Crippen LogP contribution in [0.5, 0.6) is 0 Å². The zero-order chi connectivity index (χ0) is 26.9. The molecule has 2 saturated heterocycles. The van der Waals surface area contributed by atoms with Gasteiger partial charge in [-0.3, -0.25) is 19.4 Å². The van der Waals surface area contributed by atoms with Crippen LogP contribution in [0.15, 0.2) is 36.0 Å². The molecule has 0 bridgehead atoms. The number of hydrazine groups is 1. The molecule has 8 heteroatoms. The van der Waals surface area contributed by atoms with Crippen molar-refractivity contribution in [2.45, 2.75) is 78.3 Å². The number of carbonyl (C=O) groups is 3. The number of piperidine rings is 1. The van der Waals surface area contributed by atoms with Crippen LogP contribution in [0, 0.1) is 12.8 Å². The quantitative estimate of drug-likeness (QED) is 0.419. The summed E-state index contributed by atoms with van der Waals surface area (Å²) in [6.07, 6.45) is 7.53. The Morgan fingerprint density at radius 2 is 1.76 bits per heavy atom. The lowest BCUT2D eigenvalue weighted by Crippen LogP contribution is -2.58. The van der Waals surface area contributed by atoms with E-state index in [1.807, 2.05) is 24.9 Å². The van der Waals surface area contributed by atoms with Crippen LogP contribution < -0.4 is 5.43 Å². The van der Waals surface area contributed by atoms with E-state index in [-0.39, 0.29) is 42.3 Å². The van der Waals surface area contributed by atoms with Crippen molar-refractivity contribution >= 4 is 17.8 Å². The van der Waals surface area contributed by atoms with Crippen molar-refractivity contribution in [3.05, 3.63) is 47.2 Å². The number of likely N-dealkylation sites (tertiary alicyclic amines) is 1. The molecular formula is C29H44N4O4. The molecule has 1 aromatic rings. The monoisotopic (exact) mass is 512 g/mol. The highest BCUT2D eigenvalue weighted by Crippen LogP contribution is 2.32. The average molecular weight is 513 g/mol. The fraction of sp³-hybridized carbons (Fsp3) is 0.621. The van der Waals surface area contributed by atoms with Crippen molar-refractivity contribution < 1.29 is 19.1 Å². The Morgan fingerprint density at radius 1 is 1.08 bits per heavy atom. The van der Waals surface area contributed by atoms with Crippen molar-refractivity contribution in [2.75, 3.05) is 33.3 Å². The molecule has 2 unspecified atom stereocenters. The summed E-state index contributed by atoms with van der Waals surface area (Å²) in [5, 5.41) is 2.05. The van der Waals surface area contributed by atoms with Crippen LogP contribution in [0.25, 0.3) is 0 Å². The van der Waals surface area contributed by atoms with Gasteiger partial charge in [0.1, 0.15) is 12.2 Å². The van der Waals surface area contributed by atoms with Gasteiger partial charge in [0.2, 0.25) is 5.91 Å². The molecule has 37 heavy (non-hydrogen) atoms. The molecular weight excluding hydrogens is 468 g/mol. The molecule has 2 fully saturated rings. The molecule has 0 saturated carbocycles. The van der Waals surface area contributed by atoms with E-state index in [1.54, 1.807) is 9.80 Å². The number of piperazine rings is 1. The topological polar surface area (TPSA) is 82.2 Å². The van der Waals surface area contributed by atoms with E-state index in [1.165, 1.54) is 12.7 Å². The first-order valence-corrected chi connectivity index (χ1v) is 13.9. The zero-order valence-electron chi connectivity index (χ0n) is 23.2. The minimum absolute atomic E-state index is 0.0518. The number of amides is 2. The maximum absolute atomic E-state index is 13.5. The number of carbonyl (C=O) groups excluding carboxylic acids is 3. The van der Waals surface area contributed by atoms with Gasteiger partial charge >= 0.3 is 5.97 Å². The first-order valence-electron chi connectivity index (χ1n) is 13.9. The molecule has 2 atom stereocenters. The number of methoxy groups -OCH3 is 1. The lowest BCUT2D eigenvalue weighted by atomic mass is 9.97. The maximum Gasteiger partial charge on any atom is 0.308 e. The fourth-order valence-electron chi connectivity index (χ4n) is 5.28. The van der Waals surface area contributed by atoms with Crippen LogP contribution in [-0.2, 0) is 19.1 Å². The van der Waals surface area contributed by atoms with Gasteiger partial charge < -0.3 is 14.5 Å². The molecule has 0 aliphatic carbocycles. The largest absolute Gasteiger partial charge is 0.469 e. The van der Waals surface area contributed by atoms with Crippen LogP contribution >= 0.6 is 0 Å². The summed E-state index contributed by atoms with van der Waals surface area (Å²) in [5.41, 5.74) is 6.51. The number of nitrogens with one attached hydrogen (secondary N) is 1. The van der Waals surface area contributed by atoms with Crippen LogP contribution in [0.1, 0.15) is 76.5 Å². The highest BCUT2D eigenvalue weighted by atomic mass is 16.5. The predicted octanol–water partition coefficient (Wildman–Crippen LogP) is 3.97. The van der Waals surface area contributed by atoms with Gasteiger partial charge in [-0.25, -0.2) is 5.43 Å². The number of benzene rings is 1. The Kier molecular flexibility index (Phi) is 10.6. The lowest BCUT2D eigenvalue weighted by molar-refractivity contribution is -0.149. The van der Waals surface area contributed by atoms with Crippen LogP contribution in [0.4, 0.5) is 0 Å². The van der Waals surface area contributed by atoms with E-state index < -0.39 is 0 Å². The van der Waals surface area contributed by atoms with Crippen molar-refractivity contribution in [1.29, 1.82) is 0 Å². The summed E-state index contributed by atoms with van der Waals surface area (Å²) < 4.78 is 4.85. The van der Waals surface area contributed by atoms with Crippen LogP contribution in [-0.4, -0.2) is 71.9 Å². The smallest absolute Gasteiger partial charge is 0.308 e. The van der Waals surface area contributed by atoms with Crippen molar-refractivity contribution in [2.24, 2.45) is 5.92 Å². The van der Waals surface area contributed by atoms with Crippen molar-refractivity contribution in [1.82, 2.24) is 20.2 Å². The summed E-state index contributed by atoms with van der Waals surface area (Å²) >= 11 is 0. The second kappa shape index (κ2) is 13.6. The molecule has 3 heterocycles. The Morgan fingerprint density at radius 3 is 2.38 bits per heavy atom. The van der Waals surface area contributed by atoms with Gasteiger partial charge in [-0.15, -0.1) is 0 Å². The van der Waals surface area contributed by atoms with Gasteiger partial charge in [0, 0.05) is 19.6 Å². The van der Waals surface area contributed by atoms with E-state index >= 15 is 0 Å². The van der Waals surface area contributed by atoms with Gasteiger partial charge in [0.05, 0.1) is 25.1 Å². The molecule has 2 amide bonds. The lowest BCUT2D eigenvalue weighted by Gasteiger charge is -2.42. The number of unbranched alkanes of at least 4 members (excludes halogenated alkanes) is 2. The summed E-state index contributed by atoms with van der Waals surface area (Å²) in [6, 6.07) is 8.43. The van der Waals surface area contributed by atoms with Gasteiger partial charge in [-0.05, 0) is 37.8 Å². The third-order valence-electron chi connectivity index (χ3n) is 7.45. The van der Waals surface area contributed by atoms with Crippen LogP contribution in [0.2, 0.25) is 0 Å². The number of ether oxygens (including phenoxy) is 1. The van der Waals surface area contributed by atoms with Crippen LogP contribution in [0.3, 0.4) is 0 Å². The number of rotatable bonds is 8. The Labute approximate surface area is 222 Å². The number of nitrogens with zero attached hydrogens (tertiary/aromatic N) is 3. The second-order valence-electron chi connectivity index (χ2n) is 9.95. The number of aryl methyl sites for hydroxylation is 1. The zero-order valence-corrected chi connectivity index (χ0v) is 23.2. The third-order valence-corrected chi connectivity index (χ3v) is 7.45. The predicted molar refractivity (Wildman–Crippen MR) is 144 cm³/mol. The molecule has 204 valence electrons. The average Bonchev–Trinajstić information content (AvgIpc) is 3.38. The standard InChI is InChI=1S/C27H38N4O4.C2H6/c1-4-5-6-7-22-17-30(18-25(32)29-14-12-21(13-15-29)27(34)35-3)26(33)24-16-23(28-31(22)24)20-10-8-19(2)9-11-20;1-2/h8-11,16,21-23,28H,4-7,12-15,17-18H2,1-3H3;1-2H3. The molecule has 0 aromatic heterocycles. The summed E-state index contributed by atoms with van der Waals surface area (Å²) in [4.78, 5) is 41.9. The first-order chi connectivity index (χ1) is 17.9. The van der Waals surface area contributed by atoms with Crippen molar-refractivity contribution in [3.8, 4) is 0 Å². The summed E-state index contributed by atoms with van der Waals surface area (Å²) in [7, 11) is 1.40. The fourth-order valence-corrected chi connectivity index (χ4v) is 5.28. The van der Waals surface area contributed by atoms with E-state index in [0.717, 1.165) is 31.2 Å². The molecule has 0 radical (unpaired) electrons. The van der Waals surface area contributed by atoms with Gasteiger partial charge in [0.25, 0.3) is 5.91 Å². The molecule has 3 aliphatic heterocycles. The Bertz CT molecular complexity index is 953. The second-order valence-corrected chi connectivity index (χ2v) is 9.95. The van der Waals surface area contributed by atoms with E-state index in [9.17, 15) is 14.4 Å². The van der Waals surface area contributed by atoms with Gasteiger partial charge in [-0.2, -0.15) is 0 Å². The molecule has 4 rings (SSSR count). The number of hydrogen-bond acceptors (Lipinski definition) is 6. The highest BCUT2D eigenvalue weighted by Gasteiger charge is 2.41. The first kappa shape index (κ1) is 28.7. The Hall–Kier alpha value is -2.87. The van der Waals surface area contributed by atoms with Gasteiger partial charge in [0.15, 0.2) is 0 Å². The van der Waals surface area contributed by atoms with E-state index in [2.05, 4.69) is 43.5 Å². The number of hydrogen-bond donors (Lipinski definition) is 1. The van der Waals surface area contributed by atoms with E-state index in [4.69, 9.17) is 4.74 Å². The SMILES string of the molecule is CC.CCCCCC1CN(CC(=O)N2CCC(C(=O)OC)CC2)C(=O)C2=CC(c3ccc(C)cc3)NN21. The molecule has 0 spiro atoms. The molecule has 1 aromatic carbocycles. The highest BCUT2D eigenvalue weighted by molar-refractivity contribution is 5.96. The minimum atomic E-state index is -0.206. The third kappa shape index (κ3) is 6.92. The van der Waals surface area contributed by atoms with Crippen molar-refractivity contribution in [3.63, 3.8) is 0 Å². The normalized spacial score (nSPS) is 21.7. The molecule has 1 N–H and O–H groups in total. The summed E-state index contributed by atoms with van der Waals surface area (Å²) in [5.74, 6) is -0.506. The number of fused-ring (bicyclic) bond motifs is 1. The minimum Gasteiger partial charge on any atom is -0.469 e. The Balaban J connectivity index is 0.00000186. The molecule has 8 nitrogen and oxygen atoms in total. The number of esters is 1. The molecule has 3 aliphatic rings. The summed E-state index contributed by atoms with van der Waals surface area (Å²) in [6.45, 7) is 9.89.